The molecule has 7 nitrogen and oxygen atoms in total. The second-order valence-electron chi connectivity index (χ2n) is 6.09. The molecular weight excluding hydrogens is 294 g/mol. The molecule has 1 N–H and O–H groups in total. The van der Waals surface area contributed by atoms with E-state index in [4.69, 9.17) is 4.52 Å². The van der Waals surface area contributed by atoms with Gasteiger partial charge in [0.25, 0.3) is 5.91 Å². The maximum absolute atomic E-state index is 11.6. The van der Waals surface area contributed by atoms with Crippen molar-refractivity contribution in [3.8, 4) is 0 Å². The minimum Gasteiger partial charge on any atom is -0.361 e. The van der Waals surface area contributed by atoms with Gasteiger partial charge in [-0.15, -0.1) is 0 Å². The van der Waals surface area contributed by atoms with Gasteiger partial charge in [0, 0.05) is 31.9 Å². The SMILES string of the molecule is CNC(=O)c1ccn([C@@H]2CCCN(Cc3c(C)noc3C)C2)n1. The number of carbonyl (C=O) groups excluding carboxylic acids is 1. The number of piperidine rings is 1. The third kappa shape index (κ3) is 3.29. The number of likely N-dealkylation sites (tertiary alicyclic amines) is 1. The van der Waals surface area contributed by atoms with Gasteiger partial charge in [0.2, 0.25) is 0 Å². The molecule has 2 aromatic heterocycles. The molecule has 3 heterocycles. The summed E-state index contributed by atoms with van der Waals surface area (Å²) in [5.41, 5.74) is 2.61. The Morgan fingerprint density at radius 2 is 2.30 bits per heavy atom. The van der Waals surface area contributed by atoms with Crippen LogP contribution in [-0.2, 0) is 6.54 Å². The first-order chi connectivity index (χ1) is 11.1. The van der Waals surface area contributed by atoms with Gasteiger partial charge in [0.05, 0.1) is 11.7 Å². The number of amides is 1. The van der Waals surface area contributed by atoms with Crippen LogP contribution in [-0.4, -0.2) is 45.9 Å². The molecule has 1 saturated heterocycles. The quantitative estimate of drug-likeness (QED) is 0.928. The lowest BCUT2D eigenvalue weighted by Gasteiger charge is -2.32. The van der Waals surface area contributed by atoms with Crippen molar-refractivity contribution < 1.29 is 9.32 Å². The van der Waals surface area contributed by atoms with Crippen molar-refractivity contribution in [2.24, 2.45) is 0 Å². The van der Waals surface area contributed by atoms with E-state index in [2.05, 4.69) is 20.5 Å². The van der Waals surface area contributed by atoms with Crippen molar-refractivity contribution in [2.45, 2.75) is 39.3 Å². The first-order valence-electron chi connectivity index (χ1n) is 8.00. The Morgan fingerprint density at radius 3 is 3.00 bits per heavy atom. The molecular formula is C16H23N5O2. The van der Waals surface area contributed by atoms with Crippen molar-refractivity contribution in [1.82, 2.24) is 25.2 Å². The Labute approximate surface area is 135 Å². The zero-order chi connectivity index (χ0) is 16.4. The molecule has 0 radical (unpaired) electrons. The number of carbonyl (C=O) groups is 1. The molecule has 0 unspecified atom stereocenters. The molecule has 1 atom stereocenters. The summed E-state index contributed by atoms with van der Waals surface area (Å²) >= 11 is 0. The minimum absolute atomic E-state index is 0.146. The zero-order valence-electron chi connectivity index (χ0n) is 13.9. The fraction of sp³-hybridized carbons (Fsp3) is 0.562. The number of hydrogen-bond acceptors (Lipinski definition) is 5. The van der Waals surface area contributed by atoms with Crippen LogP contribution in [0.15, 0.2) is 16.8 Å². The molecule has 0 aliphatic carbocycles. The number of aryl methyl sites for hydroxylation is 2. The van der Waals surface area contributed by atoms with Crippen LogP contribution in [0.3, 0.4) is 0 Å². The maximum Gasteiger partial charge on any atom is 0.271 e. The number of hydrogen-bond donors (Lipinski definition) is 1. The summed E-state index contributed by atoms with van der Waals surface area (Å²) in [5, 5.41) is 11.1. The van der Waals surface area contributed by atoms with Crippen molar-refractivity contribution in [3.05, 3.63) is 35.0 Å². The molecule has 3 rings (SSSR count). The summed E-state index contributed by atoms with van der Waals surface area (Å²) in [6, 6.07) is 2.06. The lowest BCUT2D eigenvalue weighted by atomic mass is 10.0. The first-order valence-corrected chi connectivity index (χ1v) is 8.00. The van der Waals surface area contributed by atoms with Gasteiger partial charge in [-0.25, -0.2) is 0 Å². The van der Waals surface area contributed by atoms with Gasteiger partial charge >= 0.3 is 0 Å². The minimum atomic E-state index is -0.146. The van der Waals surface area contributed by atoms with Gasteiger partial charge in [0.15, 0.2) is 0 Å². The molecule has 0 spiro atoms. The van der Waals surface area contributed by atoms with Crippen LogP contribution in [0.5, 0.6) is 0 Å². The van der Waals surface area contributed by atoms with E-state index < -0.39 is 0 Å². The maximum atomic E-state index is 11.6. The molecule has 7 heteroatoms. The molecule has 1 fully saturated rings. The zero-order valence-corrected chi connectivity index (χ0v) is 13.9. The van der Waals surface area contributed by atoms with Crippen LogP contribution in [0.2, 0.25) is 0 Å². The molecule has 0 aromatic carbocycles. The molecule has 1 aliphatic heterocycles. The summed E-state index contributed by atoms with van der Waals surface area (Å²) in [6.45, 7) is 6.76. The summed E-state index contributed by atoms with van der Waals surface area (Å²) in [6.07, 6.45) is 4.09. The van der Waals surface area contributed by atoms with Crippen molar-refractivity contribution in [3.63, 3.8) is 0 Å². The van der Waals surface area contributed by atoms with Crippen molar-refractivity contribution in [2.75, 3.05) is 20.1 Å². The fourth-order valence-corrected chi connectivity index (χ4v) is 3.13. The van der Waals surface area contributed by atoms with E-state index in [0.717, 1.165) is 43.9 Å². The smallest absolute Gasteiger partial charge is 0.271 e. The monoisotopic (exact) mass is 317 g/mol. The van der Waals surface area contributed by atoms with Crippen molar-refractivity contribution >= 4 is 5.91 Å². The highest BCUT2D eigenvalue weighted by molar-refractivity contribution is 5.91. The summed E-state index contributed by atoms with van der Waals surface area (Å²) in [5.74, 6) is 0.748. The van der Waals surface area contributed by atoms with E-state index in [1.807, 2.05) is 24.7 Å². The average Bonchev–Trinajstić information content (AvgIpc) is 3.17. The van der Waals surface area contributed by atoms with Crippen LogP contribution in [0.4, 0.5) is 0 Å². The summed E-state index contributed by atoms with van der Waals surface area (Å²) < 4.78 is 7.17. The van der Waals surface area contributed by atoms with Crippen LogP contribution in [0, 0.1) is 13.8 Å². The largest absolute Gasteiger partial charge is 0.361 e. The predicted molar refractivity (Wildman–Crippen MR) is 85.1 cm³/mol. The molecule has 23 heavy (non-hydrogen) atoms. The van der Waals surface area contributed by atoms with Gasteiger partial charge in [-0.1, -0.05) is 5.16 Å². The van der Waals surface area contributed by atoms with Gasteiger partial charge in [-0.05, 0) is 39.3 Å². The molecule has 124 valence electrons. The van der Waals surface area contributed by atoms with E-state index in [0.29, 0.717) is 11.7 Å². The second kappa shape index (κ2) is 6.54. The average molecular weight is 317 g/mol. The van der Waals surface area contributed by atoms with Crippen LogP contribution in [0.1, 0.15) is 46.4 Å². The van der Waals surface area contributed by atoms with Gasteiger partial charge < -0.3 is 9.84 Å². The molecule has 1 amide bonds. The summed E-state index contributed by atoms with van der Waals surface area (Å²) in [7, 11) is 1.62. The number of aromatic nitrogens is 3. The molecule has 0 saturated carbocycles. The standard InChI is InChI=1S/C16H23N5O2/c1-11-14(12(2)23-19-11)10-20-7-4-5-13(9-20)21-8-6-15(18-21)16(22)17-3/h6,8,13H,4-5,7,9-10H2,1-3H3,(H,17,22)/t13-/m1/s1. The topological polar surface area (TPSA) is 76.2 Å². The van der Waals surface area contributed by atoms with E-state index in [-0.39, 0.29) is 5.91 Å². The summed E-state index contributed by atoms with van der Waals surface area (Å²) in [4.78, 5) is 14.1. The molecule has 2 aromatic rings. The Bertz CT molecular complexity index is 671. The van der Waals surface area contributed by atoms with Gasteiger partial charge in [0.1, 0.15) is 11.5 Å². The fourth-order valence-electron chi connectivity index (χ4n) is 3.13. The highest BCUT2D eigenvalue weighted by Crippen LogP contribution is 2.24. The van der Waals surface area contributed by atoms with Gasteiger partial charge in [-0.3, -0.25) is 14.4 Å². The molecule has 1 aliphatic rings. The third-order valence-corrected chi connectivity index (χ3v) is 4.49. The van der Waals surface area contributed by atoms with Crippen LogP contribution >= 0.6 is 0 Å². The highest BCUT2D eigenvalue weighted by atomic mass is 16.5. The number of rotatable bonds is 4. The Morgan fingerprint density at radius 1 is 1.48 bits per heavy atom. The highest BCUT2D eigenvalue weighted by Gasteiger charge is 2.24. The normalized spacial score (nSPS) is 19.0. The first kappa shape index (κ1) is 15.7. The third-order valence-electron chi connectivity index (χ3n) is 4.49. The molecule has 0 bridgehead atoms. The predicted octanol–water partition coefficient (Wildman–Crippen LogP) is 1.68. The Balaban J connectivity index is 1.68. The lowest BCUT2D eigenvalue weighted by Crippen LogP contribution is -2.36. The number of nitrogens with one attached hydrogen (secondary N) is 1. The van der Waals surface area contributed by atoms with Crippen molar-refractivity contribution in [1.29, 1.82) is 0 Å². The van der Waals surface area contributed by atoms with E-state index >= 15 is 0 Å². The van der Waals surface area contributed by atoms with E-state index in [1.165, 1.54) is 5.56 Å². The van der Waals surface area contributed by atoms with E-state index in [1.54, 1.807) is 13.1 Å². The Hall–Kier alpha value is -2.15. The second-order valence-corrected chi connectivity index (χ2v) is 6.09. The van der Waals surface area contributed by atoms with Crippen LogP contribution < -0.4 is 5.32 Å². The Kier molecular flexibility index (Phi) is 4.47. The van der Waals surface area contributed by atoms with E-state index in [9.17, 15) is 4.79 Å². The van der Waals surface area contributed by atoms with Gasteiger partial charge in [-0.2, -0.15) is 5.10 Å². The number of nitrogens with zero attached hydrogens (tertiary/aromatic N) is 4. The van der Waals surface area contributed by atoms with Crippen LogP contribution in [0.25, 0.3) is 0 Å². The lowest BCUT2D eigenvalue weighted by molar-refractivity contribution is 0.0955.